The molecule has 3 nitrogen and oxygen atoms in total. The molecule has 0 bridgehead atoms. The Morgan fingerprint density at radius 3 is 1.81 bits per heavy atom. The van der Waals surface area contributed by atoms with Crippen molar-refractivity contribution >= 4 is 5.97 Å². The maximum absolute atomic E-state index is 13.5. The van der Waals surface area contributed by atoms with E-state index in [1.54, 1.807) is 0 Å². The largest absolute Gasteiger partial charge is 0.467 e. The highest BCUT2D eigenvalue weighted by atomic mass is 19.1. The summed E-state index contributed by atoms with van der Waals surface area (Å²) in [7, 11) is 1.15. The van der Waals surface area contributed by atoms with Crippen molar-refractivity contribution in [2.45, 2.75) is 96.2 Å². The summed E-state index contributed by atoms with van der Waals surface area (Å²) in [5.41, 5.74) is 0. The Balaban J connectivity index is 3.30. The van der Waals surface area contributed by atoms with Crippen LogP contribution in [0.5, 0.6) is 0 Å². The van der Waals surface area contributed by atoms with Crippen LogP contribution >= 0.6 is 0 Å². The highest BCUT2D eigenvalue weighted by Crippen LogP contribution is 2.15. The molecule has 0 aromatic carbocycles. The molecule has 0 unspecified atom stereocenters. The summed E-state index contributed by atoms with van der Waals surface area (Å²) in [6.45, 7) is 2.23. The Bertz CT molecular complexity index is 246. The summed E-state index contributed by atoms with van der Waals surface area (Å²) < 4.78 is 17.8. The second-order valence-electron chi connectivity index (χ2n) is 5.81. The molecule has 0 fully saturated rings. The molecule has 0 spiro atoms. The molecule has 0 aliphatic carbocycles. The lowest BCUT2D eigenvalue weighted by Crippen LogP contribution is -2.31. The molecule has 4 heteroatoms. The van der Waals surface area contributed by atoms with Gasteiger partial charge in [-0.2, -0.15) is 0 Å². The van der Waals surface area contributed by atoms with Gasteiger partial charge in [0.1, 0.15) is 6.17 Å². The molecule has 0 aromatic rings. The van der Waals surface area contributed by atoms with E-state index in [4.69, 9.17) is 0 Å². The minimum Gasteiger partial charge on any atom is -0.467 e. The van der Waals surface area contributed by atoms with Crippen molar-refractivity contribution in [1.29, 1.82) is 0 Å². The van der Waals surface area contributed by atoms with E-state index in [9.17, 15) is 14.3 Å². The fourth-order valence-corrected chi connectivity index (χ4v) is 2.43. The minimum atomic E-state index is -1.63. The number of esters is 1. The number of aliphatic hydroxyl groups excluding tert-OH is 1. The van der Waals surface area contributed by atoms with E-state index in [-0.39, 0.29) is 6.42 Å². The number of rotatable bonds is 14. The van der Waals surface area contributed by atoms with Gasteiger partial charge >= 0.3 is 5.97 Å². The molecule has 126 valence electrons. The van der Waals surface area contributed by atoms with Crippen LogP contribution in [0.25, 0.3) is 0 Å². The number of halogens is 1. The third-order valence-corrected chi connectivity index (χ3v) is 3.87. The Hall–Kier alpha value is -0.640. The molecular weight excluding hydrogens is 271 g/mol. The predicted octanol–water partition coefficient (Wildman–Crippen LogP) is 4.56. The SMILES string of the molecule is CCCCCCCCCCCCC[C@@H](F)[C@@H](O)C(=O)OC. The summed E-state index contributed by atoms with van der Waals surface area (Å²) in [6, 6.07) is 0. The van der Waals surface area contributed by atoms with Gasteiger partial charge < -0.3 is 9.84 Å². The Kier molecular flexibility index (Phi) is 13.9. The molecule has 0 heterocycles. The lowest BCUT2D eigenvalue weighted by Gasteiger charge is -2.13. The van der Waals surface area contributed by atoms with Gasteiger partial charge in [0.2, 0.25) is 0 Å². The first-order valence-corrected chi connectivity index (χ1v) is 8.53. The summed E-state index contributed by atoms with van der Waals surface area (Å²) in [5, 5.41) is 9.30. The molecule has 0 amide bonds. The first-order valence-electron chi connectivity index (χ1n) is 8.53. The number of hydrogen-bond acceptors (Lipinski definition) is 3. The van der Waals surface area contributed by atoms with Crippen LogP contribution in [0, 0.1) is 0 Å². The Labute approximate surface area is 129 Å². The van der Waals surface area contributed by atoms with Gasteiger partial charge in [-0.25, -0.2) is 9.18 Å². The van der Waals surface area contributed by atoms with Crippen molar-refractivity contribution in [2.75, 3.05) is 7.11 Å². The van der Waals surface area contributed by atoms with Crippen molar-refractivity contribution < 1.29 is 19.0 Å². The molecule has 0 rings (SSSR count). The van der Waals surface area contributed by atoms with Crippen molar-refractivity contribution in [1.82, 2.24) is 0 Å². The zero-order valence-corrected chi connectivity index (χ0v) is 13.8. The van der Waals surface area contributed by atoms with E-state index < -0.39 is 18.2 Å². The zero-order chi connectivity index (χ0) is 15.9. The summed E-state index contributed by atoms with van der Waals surface area (Å²) in [5.74, 6) is -0.884. The van der Waals surface area contributed by atoms with Crippen LogP contribution in [-0.2, 0) is 9.53 Å². The number of methoxy groups -OCH3 is 1. The van der Waals surface area contributed by atoms with Gasteiger partial charge in [-0.1, -0.05) is 77.6 Å². The summed E-state index contributed by atoms with van der Waals surface area (Å²) in [4.78, 5) is 10.9. The predicted molar refractivity (Wildman–Crippen MR) is 84.0 cm³/mol. The lowest BCUT2D eigenvalue weighted by molar-refractivity contribution is -0.154. The molecule has 1 N–H and O–H groups in total. The van der Waals surface area contributed by atoms with Crippen LogP contribution in [0.15, 0.2) is 0 Å². The zero-order valence-electron chi connectivity index (χ0n) is 13.8. The standard InChI is InChI=1S/C17H33FO3/c1-3-4-5-6-7-8-9-10-11-12-13-14-15(18)16(19)17(20)21-2/h15-16,19H,3-14H2,1-2H3/t15-,16-/m1/s1. The topological polar surface area (TPSA) is 46.5 Å². The van der Waals surface area contributed by atoms with Crippen LogP contribution in [0.3, 0.4) is 0 Å². The van der Waals surface area contributed by atoms with Gasteiger partial charge in [0.05, 0.1) is 7.11 Å². The molecule has 21 heavy (non-hydrogen) atoms. The fourth-order valence-electron chi connectivity index (χ4n) is 2.43. The third kappa shape index (κ3) is 11.7. The molecule has 0 radical (unpaired) electrons. The van der Waals surface area contributed by atoms with Crippen LogP contribution in [0.4, 0.5) is 4.39 Å². The van der Waals surface area contributed by atoms with Gasteiger partial charge in [0.25, 0.3) is 0 Å². The average Bonchev–Trinajstić information content (AvgIpc) is 2.50. The molecule has 0 aliphatic rings. The molecule has 0 aliphatic heterocycles. The Morgan fingerprint density at radius 1 is 0.952 bits per heavy atom. The van der Waals surface area contributed by atoms with E-state index >= 15 is 0 Å². The van der Waals surface area contributed by atoms with Crippen molar-refractivity contribution in [2.24, 2.45) is 0 Å². The van der Waals surface area contributed by atoms with Crippen molar-refractivity contribution in [3.63, 3.8) is 0 Å². The first-order chi connectivity index (χ1) is 10.1. The number of ether oxygens (including phenoxy) is 1. The number of aliphatic hydroxyl groups is 1. The minimum absolute atomic E-state index is 0.229. The molecular formula is C17H33FO3. The second kappa shape index (κ2) is 14.3. The van der Waals surface area contributed by atoms with Crippen LogP contribution in [-0.4, -0.2) is 30.5 Å². The number of carbonyl (C=O) groups excluding carboxylic acids is 1. The summed E-state index contributed by atoms with van der Waals surface area (Å²) >= 11 is 0. The van der Waals surface area contributed by atoms with Gasteiger partial charge in [-0.05, 0) is 6.42 Å². The number of unbranched alkanes of at least 4 members (excludes halogenated alkanes) is 10. The highest BCUT2D eigenvalue weighted by Gasteiger charge is 2.25. The first kappa shape index (κ1) is 20.4. The van der Waals surface area contributed by atoms with Crippen molar-refractivity contribution in [3.05, 3.63) is 0 Å². The maximum atomic E-state index is 13.5. The average molecular weight is 304 g/mol. The number of alkyl halides is 1. The van der Waals surface area contributed by atoms with E-state index in [0.717, 1.165) is 20.0 Å². The number of carbonyl (C=O) groups is 1. The van der Waals surface area contributed by atoms with Crippen LogP contribution in [0.2, 0.25) is 0 Å². The van der Waals surface area contributed by atoms with E-state index in [1.807, 2.05) is 0 Å². The van der Waals surface area contributed by atoms with Gasteiger partial charge in [0, 0.05) is 0 Å². The van der Waals surface area contributed by atoms with Gasteiger partial charge in [-0.3, -0.25) is 0 Å². The Morgan fingerprint density at radius 2 is 1.38 bits per heavy atom. The quantitative estimate of drug-likeness (QED) is 0.378. The maximum Gasteiger partial charge on any atom is 0.337 e. The van der Waals surface area contributed by atoms with E-state index in [2.05, 4.69) is 11.7 Å². The smallest absolute Gasteiger partial charge is 0.337 e. The third-order valence-electron chi connectivity index (χ3n) is 3.87. The van der Waals surface area contributed by atoms with E-state index in [0.29, 0.717) is 6.42 Å². The molecule has 0 saturated carbocycles. The van der Waals surface area contributed by atoms with Crippen LogP contribution in [0.1, 0.15) is 84.0 Å². The summed E-state index contributed by atoms with van der Waals surface area (Å²) in [6.07, 6.45) is 10.3. The molecule has 0 aromatic heterocycles. The van der Waals surface area contributed by atoms with Crippen LogP contribution < -0.4 is 0 Å². The lowest BCUT2D eigenvalue weighted by atomic mass is 10.0. The normalized spacial score (nSPS) is 13.9. The molecule has 2 atom stereocenters. The van der Waals surface area contributed by atoms with Gasteiger partial charge in [-0.15, -0.1) is 0 Å². The van der Waals surface area contributed by atoms with Crippen molar-refractivity contribution in [3.8, 4) is 0 Å². The number of hydrogen-bond donors (Lipinski definition) is 1. The van der Waals surface area contributed by atoms with Gasteiger partial charge in [0.15, 0.2) is 6.10 Å². The fraction of sp³-hybridized carbons (Fsp3) is 0.941. The molecule has 0 saturated heterocycles. The highest BCUT2D eigenvalue weighted by molar-refractivity contribution is 5.74. The second-order valence-corrected chi connectivity index (χ2v) is 5.81. The monoisotopic (exact) mass is 304 g/mol. The van der Waals surface area contributed by atoms with E-state index in [1.165, 1.54) is 51.4 Å².